The molecule has 0 bridgehead atoms. The van der Waals surface area contributed by atoms with Gasteiger partial charge in [-0.15, -0.1) is 11.3 Å². The van der Waals surface area contributed by atoms with E-state index in [0.717, 1.165) is 53.9 Å². The van der Waals surface area contributed by atoms with Crippen LogP contribution in [0.15, 0.2) is 9.95 Å². The molecule has 2 aromatic heterocycles. The maximum Gasteiger partial charge on any atom is 0.263 e. The summed E-state index contributed by atoms with van der Waals surface area (Å²) in [5.74, 6) is 0.327. The fourth-order valence-corrected chi connectivity index (χ4v) is 7.39. The smallest absolute Gasteiger partial charge is 0.263 e. The second-order valence-corrected chi connectivity index (χ2v) is 10.1. The fourth-order valence-electron chi connectivity index (χ4n) is 4.80. The number of carbonyl (C=O) groups is 1. The predicted molar refractivity (Wildman–Crippen MR) is 107 cm³/mol. The average Bonchev–Trinajstić information content (AvgIpc) is 3.35. The van der Waals surface area contributed by atoms with E-state index in [1.54, 1.807) is 23.1 Å². The second kappa shape index (κ2) is 6.79. The lowest BCUT2D eigenvalue weighted by atomic mass is 9.97. The van der Waals surface area contributed by atoms with Gasteiger partial charge in [-0.3, -0.25) is 14.2 Å². The van der Waals surface area contributed by atoms with Crippen molar-refractivity contribution in [1.82, 2.24) is 9.55 Å². The van der Waals surface area contributed by atoms with Crippen molar-refractivity contribution in [2.24, 2.45) is 0 Å². The first kappa shape index (κ1) is 17.0. The molecule has 3 aliphatic rings. The van der Waals surface area contributed by atoms with E-state index < -0.39 is 0 Å². The fraction of sp³-hybridized carbons (Fsp3) is 0.650. The molecule has 2 aromatic rings. The molecule has 2 heterocycles. The van der Waals surface area contributed by atoms with Gasteiger partial charge in [-0.25, -0.2) is 4.98 Å². The van der Waals surface area contributed by atoms with Crippen LogP contribution in [-0.4, -0.2) is 20.6 Å². The van der Waals surface area contributed by atoms with Gasteiger partial charge in [0.1, 0.15) is 10.6 Å². The molecule has 4 nitrogen and oxygen atoms in total. The lowest BCUT2D eigenvalue weighted by Gasteiger charge is -2.19. The van der Waals surface area contributed by atoms with Crippen molar-refractivity contribution in [1.29, 1.82) is 0 Å². The van der Waals surface area contributed by atoms with Crippen LogP contribution in [0, 0.1) is 0 Å². The minimum absolute atomic E-state index is 0.0124. The summed E-state index contributed by atoms with van der Waals surface area (Å²) in [6.45, 7) is 0. The number of carbonyl (C=O) groups excluding carboxylic acids is 1. The normalized spacial score (nSPS) is 23.8. The van der Waals surface area contributed by atoms with Crippen molar-refractivity contribution in [3.05, 3.63) is 20.8 Å². The Morgan fingerprint density at radius 1 is 0.962 bits per heavy atom. The highest BCUT2D eigenvalue weighted by molar-refractivity contribution is 8.00. The maximum atomic E-state index is 13.6. The van der Waals surface area contributed by atoms with Crippen molar-refractivity contribution in [3.63, 3.8) is 0 Å². The van der Waals surface area contributed by atoms with E-state index in [1.165, 1.54) is 36.1 Å². The average molecular weight is 389 g/mol. The molecule has 0 radical (unpaired) electrons. The number of aryl methyl sites for hydroxylation is 2. The van der Waals surface area contributed by atoms with Crippen LogP contribution in [0.4, 0.5) is 0 Å². The third-order valence-electron chi connectivity index (χ3n) is 6.17. The first-order valence-corrected chi connectivity index (χ1v) is 11.7. The van der Waals surface area contributed by atoms with Crippen LogP contribution in [0.2, 0.25) is 0 Å². The summed E-state index contributed by atoms with van der Waals surface area (Å²) in [6.07, 6.45) is 11.6. The third kappa shape index (κ3) is 2.76. The molecule has 0 aliphatic heterocycles. The molecule has 138 valence electrons. The number of ketones is 1. The maximum absolute atomic E-state index is 13.6. The van der Waals surface area contributed by atoms with E-state index in [-0.39, 0.29) is 16.9 Å². The van der Waals surface area contributed by atoms with Gasteiger partial charge in [-0.05, 0) is 56.9 Å². The molecule has 3 aliphatic carbocycles. The third-order valence-corrected chi connectivity index (χ3v) is 8.64. The van der Waals surface area contributed by atoms with Crippen LogP contribution in [0.1, 0.15) is 74.3 Å². The summed E-state index contributed by atoms with van der Waals surface area (Å²) in [6, 6.07) is 0.262. The van der Waals surface area contributed by atoms with Crippen molar-refractivity contribution in [2.45, 2.75) is 87.1 Å². The molecule has 0 amide bonds. The molecule has 0 spiro atoms. The Bertz CT molecular complexity index is 924. The Morgan fingerprint density at radius 3 is 2.54 bits per heavy atom. The molecular weight excluding hydrogens is 364 g/mol. The summed E-state index contributed by atoms with van der Waals surface area (Å²) >= 11 is 3.27. The molecule has 2 saturated carbocycles. The highest BCUT2D eigenvalue weighted by Gasteiger charge is 2.31. The second-order valence-electron chi connectivity index (χ2n) is 7.86. The Morgan fingerprint density at radius 2 is 1.77 bits per heavy atom. The summed E-state index contributed by atoms with van der Waals surface area (Å²) in [5, 5.41) is 1.67. The first-order valence-electron chi connectivity index (χ1n) is 9.98. The van der Waals surface area contributed by atoms with Crippen LogP contribution in [0.5, 0.6) is 0 Å². The Labute approximate surface area is 161 Å². The number of aromatic nitrogens is 2. The Kier molecular flexibility index (Phi) is 4.44. The topological polar surface area (TPSA) is 52.0 Å². The molecule has 2 fully saturated rings. The van der Waals surface area contributed by atoms with E-state index in [9.17, 15) is 9.59 Å². The number of Topliss-reactive ketones (excluding diaryl/α,β-unsaturated/α-hetero) is 1. The molecule has 5 rings (SSSR count). The molecule has 0 aromatic carbocycles. The number of hydrogen-bond donors (Lipinski definition) is 0. The van der Waals surface area contributed by atoms with E-state index in [4.69, 9.17) is 4.98 Å². The highest BCUT2D eigenvalue weighted by atomic mass is 32.2. The van der Waals surface area contributed by atoms with Crippen LogP contribution in [0.3, 0.4) is 0 Å². The van der Waals surface area contributed by atoms with Crippen LogP contribution in [0.25, 0.3) is 10.2 Å². The number of nitrogens with zero attached hydrogens (tertiary/aromatic N) is 2. The zero-order valence-corrected chi connectivity index (χ0v) is 16.6. The summed E-state index contributed by atoms with van der Waals surface area (Å²) in [7, 11) is 0. The van der Waals surface area contributed by atoms with Gasteiger partial charge >= 0.3 is 0 Å². The number of hydrogen-bond acceptors (Lipinski definition) is 5. The zero-order valence-electron chi connectivity index (χ0n) is 15.0. The van der Waals surface area contributed by atoms with Gasteiger partial charge in [0.15, 0.2) is 5.16 Å². The van der Waals surface area contributed by atoms with Gasteiger partial charge in [0.2, 0.25) is 0 Å². The van der Waals surface area contributed by atoms with Crippen molar-refractivity contribution in [2.75, 3.05) is 0 Å². The van der Waals surface area contributed by atoms with Crippen molar-refractivity contribution < 1.29 is 4.79 Å². The lowest BCUT2D eigenvalue weighted by Crippen LogP contribution is -2.27. The van der Waals surface area contributed by atoms with Crippen LogP contribution >= 0.6 is 23.1 Å². The number of thioether (sulfide) groups is 1. The molecule has 0 unspecified atom stereocenters. The van der Waals surface area contributed by atoms with Gasteiger partial charge < -0.3 is 0 Å². The van der Waals surface area contributed by atoms with E-state index >= 15 is 0 Å². The lowest BCUT2D eigenvalue weighted by molar-refractivity contribution is -0.116. The molecule has 26 heavy (non-hydrogen) atoms. The number of fused-ring (bicyclic) bond motifs is 3. The van der Waals surface area contributed by atoms with Gasteiger partial charge in [0.05, 0.1) is 10.6 Å². The Hall–Kier alpha value is -1.14. The first-order chi connectivity index (χ1) is 12.7. The minimum Gasteiger partial charge on any atom is -0.298 e. The molecule has 6 heteroatoms. The largest absolute Gasteiger partial charge is 0.298 e. The highest BCUT2D eigenvalue weighted by Crippen LogP contribution is 2.39. The summed E-state index contributed by atoms with van der Waals surface area (Å²) in [4.78, 5) is 33.0. The van der Waals surface area contributed by atoms with Crippen molar-refractivity contribution in [3.8, 4) is 0 Å². The van der Waals surface area contributed by atoms with Crippen LogP contribution in [-0.2, 0) is 17.6 Å². The molecular formula is C20H24N2O2S2. The molecule has 1 atom stereocenters. The zero-order chi connectivity index (χ0) is 17.7. The molecule has 0 N–H and O–H groups in total. The van der Waals surface area contributed by atoms with Crippen molar-refractivity contribution >= 4 is 39.1 Å². The van der Waals surface area contributed by atoms with Gasteiger partial charge in [0, 0.05) is 17.3 Å². The number of rotatable bonds is 3. The van der Waals surface area contributed by atoms with Gasteiger partial charge in [0.25, 0.3) is 5.56 Å². The SMILES string of the molecule is O=C1CCC[C@H]1Sc1nc2sc3c(c2c(=O)n1C1CCCC1)CCCC3. The monoisotopic (exact) mass is 388 g/mol. The van der Waals surface area contributed by atoms with Crippen LogP contribution < -0.4 is 5.56 Å². The summed E-state index contributed by atoms with van der Waals surface area (Å²) < 4.78 is 1.98. The quantitative estimate of drug-likeness (QED) is 0.717. The minimum atomic E-state index is -0.0124. The summed E-state index contributed by atoms with van der Waals surface area (Å²) in [5.41, 5.74) is 1.43. The predicted octanol–water partition coefficient (Wildman–Crippen LogP) is 4.67. The van der Waals surface area contributed by atoms with E-state index in [2.05, 4.69) is 0 Å². The Balaban J connectivity index is 1.67. The van der Waals surface area contributed by atoms with E-state index in [1.807, 2.05) is 4.57 Å². The number of thiophene rings is 1. The van der Waals surface area contributed by atoms with Gasteiger partial charge in [-0.1, -0.05) is 24.6 Å². The van der Waals surface area contributed by atoms with E-state index in [0.29, 0.717) is 12.2 Å². The standard InChI is InChI=1S/C20H24N2O2S2/c23-14-9-5-11-16(14)26-20-21-18-17(13-8-3-4-10-15(13)25-18)19(24)22(20)12-6-1-2-7-12/h12,16H,1-11H2/t16-/m1/s1. The molecule has 0 saturated heterocycles. The van der Waals surface area contributed by atoms with Gasteiger partial charge in [-0.2, -0.15) is 0 Å².